The van der Waals surface area contributed by atoms with Crippen molar-refractivity contribution in [1.82, 2.24) is 10.2 Å². The molecule has 3 amide bonds. The molecule has 1 saturated carbocycles. The van der Waals surface area contributed by atoms with Gasteiger partial charge in [-0.2, -0.15) is 8.78 Å². The number of nitrogens with one attached hydrogen (secondary N) is 1. The molecule has 0 unspecified atom stereocenters. The standard InChI is InChI=1S/C17H20F2N2O4/c1-24-13-9-11(5-6-12(13)25-15(18)19)10-21-14(22)17(20-16(21)23)7-3-2-4-8-17/h5-6,9,15H,2-4,7-8,10H2,1H3,(H,20,23). The minimum absolute atomic E-state index is 0.0533. The molecule has 136 valence electrons. The van der Waals surface area contributed by atoms with Crippen molar-refractivity contribution in [3.05, 3.63) is 23.8 Å². The van der Waals surface area contributed by atoms with E-state index in [9.17, 15) is 18.4 Å². The van der Waals surface area contributed by atoms with Crippen LogP contribution < -0.4 is 14.8 Å². The number of nitrogens with zero attached hydrogens (tertiary/aromatic N) is 1. The first kappa shape index (κ1) is 17.4. The third-order valence-corrected chi connectivity index (χ3v) is 4.74. The molecule has 2 aliphatic rings. The third-order valence-electron chi connectivity index (χ3n) is 4.74. The summed E-state index contributed by atoms with van der Waals surface area (Å²) in [6, 6.07) is 3.95. The minimum Gasteiger partial charge on any atom is -0.493 e. The maximum atomic E-state index is 12.8. The Hall–Kier alpha value is -2.38. The molecule has 0 aromatic heterocycles. The van der Waals surface area contributed by atoms with E-state index < -0.39 is 18.2 Å². The van der Waals surface area contributed by atoms with Gasteiger partial charge >= 0.3 is 12.6 Å². The first-order valence-corrected chi connectivity index (χ1v) is 8.21. The van der Waals surface area contributed by atoms with E-state index in [0.29, 0.717) is 18.4 Å². The zero-order valence-corrected chi connectivity index (χ0v) is 13.9. The van der Waals surface area contributed by atoms with Crippen LogP contribution in [0.15, 0.2) is 18.2 Å². The summed E-state index contributed by atoms with van der Waals surface area (Å²) in [5, 5.41) is 2.84. The molecule has 1 heterocycles. The van der Waals surface area contributed by atoms with Gasteiger partial charge in [-0.15, -0.1) is 0 Å². The predicted molar refractivity (Wildman–Crippen MR) is 84.5 cm³/mol. The van der Waals surface area contributed by atoms with Gasteiger partial charge in [-0.1, -0.05) is 25.3 Å². The van der Waals surface area contributed by atoms with E-state index in [4.69, 9.17) is 4.74 Å². The van der Waals surface area contributed by atoms with Crippen LogP contribution in [0.2, 0.25) is 0 Å². The number of carbonyl (C=O) groups is 2. The lowest BCUT2D eigenvalue weighted by Crippen LogP contribution is -2.48. The molecule has 1 N–H and O–H groups in total. The second-order valence-electron chi connectivity index (χ2n) is 6.33. The number of carbonyl (C=O) groups excluding carboxylic acids is 2. The largest absolute Gasteiger partial charge is 0.493 e. The number of hydrogen-bond donors (Lipinski definition) is 1. The van der Waals surface area contributed by atoms with E-state index >= 15 is 0 Å². The Morgan fingerprint density at radius 2 is 1.92 bits per heavy atom. The highest BCUT2D eigenvalue weighted by atomic mass is 19.3. The van der Waals surface area contributed by atoms with Gasteiger partial charge in [0.05, 0.1) is 13.7 Å². The topological polar surface area (TPSA) is 67.9 Å². The maximum absolute atomic E-state index is 12.8. The van der Waals surface area contributed by atoms with Gasteiger partial charge in [-0.05, 0) is 30.5 Å². The number of amides is 3. The van der Waals surface area contributed by atoms with E-state index in [2.05, 4.69) is 10.1 Å². The highest BCUT2D eigenvalue weighted by Crippen LogP contribution is 2.35. The zero-order valence-electron chi connectivity index (χ0n) is 13.9. The minimum atomic E-state index is -2.96. The van der Waals surface area contributed by atoms with Crippen molar-refractivity contribution in [3.8, 4) is 11.5 Å². The number of hydrogen-bond acceptors (Lipinski definition) is 4. The summed E-state index contributed by atoms with van der Waals surface area (Å²) in [4.78, 5) is 26.2. The van der Waals surface area contributed by atoms with Gasteiger partial charge in [0.15, 0.2) is 11.5 Å². The van der Waals surface area contributed by atoms with Gasteiger partial charge in [-0.3, -0.25) is 9.69 Å². The SMILES string of the molecule is COc1cc(CN2C(=O)NC3(CCCCC3)C2=O)ccc1OC(F)F. The maximum Gasteiger partial charge on any atom is 0.387 e. The van der Waals surface area contributed by atoms with Crippen LogP contribution in [0.4, 0.5) is 13.6 Å². The van der Waals surface area contributed by atoms with Crippen LogP contribution in [-0.2, 0) is 11.3 Å². The Bertz CT molecular complexity index is 675. The van der Waals surface area contributed by atoms with Crippen LogP contribution in [0.1, 0.15) is 37.7 Å². The van der Waals surface area contributed by atoms with Crippen molar-refractivity contribution in [2.75, 3.05) is 7.11 Å². The fourth-order valence-electron chi connectivity index (χ4n) is 3.50. The Morgan fingerprint density at radius 1 is 1.20 bits per heavy atom. The molecule has 25 heavy (non-hydrogen) atoms. The average molecular weight is 354 g/mol. The van der Waals surface area contributed by atoms with E-state index in [1.165, 1.54) is 30.2 Å². The molecular weight excluding hydrogens is 334 g/mol. The molecule has 1 aliphatic heterocycles. The molecule has 2 fully saturated rings. The molecule has 1 saturated heterocycles. The number of methoxy groups -OCH3 is 1. The van der Waals surface area contributed by atoms with Gasteiger partial charge in [0, 0.05) is 0 Å². The van der Waals surface area contributed by atoms with Crippen LogP contribution in [0.5, 0.6) is 11.5 Å². The molecule has 1 aromatic rings. The lowest BCUT2D eigenvalue weighted by molar-refractivity contribution is -0.132. The Morgan fingerprint density at radius 3 is 2.56 bits per heavy atom. The van der Waals surface area contributed by atoms with Crippen LogP contribution >= 0.6 is 0 Å². The summed E-state index contributed by atoms with van der Waals surface area (Å²) >= 11 is 0. The van der Waals surface area contributed by atoms with Gasteiger partial charge in [0.25, 0.3) is 5.91 Å². The van der Waals surface area contributed by atoms with Crippen LogP contribution in [-0.4, -0.2) is 36.1 Å². The Kier molecular flexibility index (Phi) is 4.78. The molecule has 6 nitrogen and oxygen atoms in total. The first-order chi connectivity index (χ1) is 11.9. The number of halogens is 2. The number of imide groups is 1. The molecule has 0 bridgehead atoms. The van der Waals surface area contributed by atoms with Crippen molar-refractivity contribution in [1.29, 1.82) is 0 Å². The van der Waals surface area contributed by atoms with Crippen molar-refractivity contribution < 1.29 is 27.8 Å². The predicted octanol–water partition coefficient (Wildman–Crippen LogP) is 3.05. The summed E-state index contributed by atoms with van der Waals surface area (Å²) < 4.78 is 34.2. The van der Waals surface area contributed by atoms with Crippen molar-refractivity contribution in [2.24, 2.45) is 0 Å². The van der Waals surface area contributed by atoms with Gasteiger partial charge in [-0.25, -0.2) is 4.79 Å². The molecule has 1 aromatic carbocycles. The molecule has 1 spiro atoms. The number of rotatable bonds is 5. The van der Waals surface area contributed by atoms with Crippen molar-refractivity contribution >= 4 is 11.9 Å². The quantitative estimate of drug-likeness (QED) is 0.826. The molecule has 8 heteroatoms. The highest BCUT2D eigenvalue weighted by molar-refractivity contribution is 6.07. The average Bonchev–Trinajstić information content (AvgIpc) is 2.80. The first-order valence-electron chi connectivity index (χ1n) is 8.21. The third kappa shape index (κ3) is 3.38. The summed E-state index contributed by atoms with van der Waals surface area (Å²) in [5.74, 6) is -0.191. The number of ether oxygens (including phenoxy) is 2. The zero-order chi connectivity index (χ0) is 18.0. The van der Waals surface area contributed by atoms with Gasteiger partial charge < -0.3 is 14.8 Å². The van der Waals surface area contributed by atoms with E-state index in [0.717, 1.165) is 19.3 Å². The normalized spacial score (nSPS) is 19.4. The van der Waals surface area contributed by atoms with Crippen LogP contribution in [0.3, 0.4) is 0 Å². The summed E-state index contributed by atoms with van der Waals surface area (Å²) in [6.45, 7) is -2.91. The molecule has 1 aliphatic carbocycles. The monoisotopic (exact) mass is 354 g/mol. The van der Waals surface area contributed by atoms with Gasteiger partial charge in [0.1, 0.15) is 5.54 Å². The summed E-state index contributed by atoms with van der Waals surface area (Å²) in [7, 11) is 1.34. The van der Waals surface area contributed by atoms with E-state index in [1.54, 1.807) is 0 Å². The van der Waals surface area contributed by atoms with Crippen LogP contribution in [0.25, 0.3) is 0 Å². The Labute approximate surface area is 144 Å². The number of benzene rings is 1. The second-order valence-corrected chi connectivity index (χ2v) is 6.33. The number of urea groups is 1. The summed E-state index contributed by atoms with van der Waals surface area (Å²) in [5.41, 5.74) is -0.187. The summed E-state index contributed by atoms with van der Waals surface area (Å²) in [6.07, 6.45) is 4.19. The van der Waals surface area contributed by atoms with Crippen molar-refractivity contribution in [2.45, 2.75) is 50.8 Å². The molecular formula is C17H20F2N2O4. The molecule has 3 rings (SSSR count). The van der Waals surface area contributed by atoms with Crippen molar-refractivity contribution in [3.63, 3.8) is 0 Å². The molecule has 0 atom stereocenters. The lowest BCUT2D eigenvalue weighted by atomic mass is 9.82. The fourth-order valence-corrected chi connectivity index (χ4v) is 3.50. The highest BCUT2D eigenvalue weighted by Gasteiger charge is 2.51. The molecule has 0 radical (unpaired) electrons. The Balaban J connectivity index is 1.77. The fraction of sp³-hybridized carbons (Fsp3) is 0.529. The lowest BCUT2D eigenvalue weighted by Gasteiger charge is -2.30. The number of alkyl halides is 2. The van der Waals surface area contributed by atoms with Crippen LogP contribution in [0, 0.1) is 0 Å². The van der Waals surface area contributed by atoms with E-state index in [-0.39, 0.29) is 24.0 Å². The second kappa shape index (κ2) is 6.85. The van der Waals surface area contributed by atoms with Gasteiger partial charge in [0.2, 0.25) is 0 Å². The van der Waals surface area contributed by atoms with E-state index in [1.807, 2.05) is 0 Å². The smallest absolute Gasteiger partial charge is 0.387 e.